The fourth-order valence-electron chi connectivity index (χ4n) is 3.21. The van der Waals surface area contributed by atoms with Crippen molar-refractivity contribution in [1.82, 2.24) is 0 Å². The maximum absolute atomic E-state index is 12.1. The topological polar surface area (TPSA) is 64.4 Å². The molecule has 1 saturated carbocycles. The van der Waals surface area contributed by atoms with Crippen LogP contribution >= 0.6 is 0 Å². The molecule has 2 aliphatic rings. The average Bonchev–Trinajstić information content (AvgIpc) is 2.84. The number of nitrogens with one attached hydrogen (secondary N) is 1. The van der Waals surface area contributed by atoms with Gasteiger partial charge in [-0.1, -0.05) is 6.42 Å². The van der Waals surface area contributed by atoms with Crippen LogP contribution in [0, 0.1) is 5.92 Å². The molecular formula is C16H22N2O2. The average molecular weight is 274 g/mol. The summed E-state index contributed by atoms with van der Waals surface area (Å²) in [6.07, 6.45) is 5.87. The van der Waals surface area contributed by atoms with Crippen LogP contribution in [0.1, 0.15) is 37.7 Å². The van der Waals surface area contributed by atoms with E-state index in [1.165, 1.54) is 5.56 Å². The van der Waals surface area contributed by atoms with Crippen LogP contribution in [0.15, 0.2) is 18.2 Å². The molecule has 4 nitrogen and oxygen atoms in total. The zero-order chi connectivity index (χ0) is 13.9. The molecule has 0 spiro atoms. The summed E-state index contributed by atoms with van der Waals surface area (Å²) in [5.74, 6) is 1.37. The predicted octanol–water partition coefficient (Wildman–Crippen LogP) is 2.47. The number of amides is 1. The van der Waals surface area contributed by atoms with E-state index in [1.54, 1.807) is 0 Å². The molecule has 1 heterocycles. The standard InChI is InChI=1S/C16H22N2O2/c17-14-5-1-3-11(14)10-16(19)18-13-6-7-15-12(9-13)4-2-8-20-15/h6-7,9,11,14H,1-5,8,10,17H2,(H,18,19)/t11-,14+/m0/s1. The lowest BCUT2D eigenvalue weighted by molar-refractivity contribution is -0.117. The first kappa shape index (κ1) is 13.4. The SMILES string of the molecule is N[C@@H]1CCC[C@H]1CC(=O)Nc1ccc2c(c1)CCCO2. The Labute approximate surface area is 119 Å². The van der Waals surface area contributed by atoms with E-state index in [2.05, 4.69) is 5.32 Å². The molecule has 1 aromatic carbocycles. The van der Waals surface area contributed by atoms with Crippen LogP contribution in [0.3, 0.4) is 0 Å². The van der Waals surface area contributed by atoms with Crippen molar-refractivity contribution < 1.29 is 9.53 Å². The Hall–Kier alpha value is -1.55. The van der Waals surface area contributed by atoms with Gasteiger partial charge in [-0.3, -0.25) is 4.79 Å². The van der Waals surface area contributed by atoms with E-state index in [0.29, 0.717) is 12.3 Å². The molecule has 1 amide bonds. The highest BCUT2D eigenvalue weighted by atomic mass is 16.5. The summed E-state index contributed by atoms with van der Waals surface area (Å²) in [5.41, 5.74) is 8.07. The fourth-order valence-corrected chi connectivity index (χ4v) is 3.21. The molecule has 1 aromatic rings. The van der Waals surface area contributed by atoms with Crippen LogP contribution in [0.2, 0.25) is 0 Å². The summed E-state index contributed by atoms with van der Waals surface area (Å²) in [6, 6.07) is 6.08. The minimum Gasteiger partial charge on any atom is -0.493 e. The monoisotopic (exact) mass is 274 g/mol. The molecule has 0 radical (unpaired) electrons. The van der Waals surface area contributed by atoms with Gasteiger partial charge in [-0.25, -0.2) is 0 Å². The van der Waals surface area contributed by atoms with E-state index in [0.717, 1.165) is 50.1 Å². The van der Waals surface area contributed by atoms with Gasteiger partial charge in [0.2, 0.25) is 5.91 Å². The lowest BCUT2D eigenvalue weighted by Gasteiger charge is -2.19. The molecule has 3 rings (SSSR count). The summed E-state index contributed by atoms with van der Waals surface area (Å²) >= 11 is 0. The second-order valence-corrected chi connectivity index (χ2v) is 5.88. The molecule has 0 bridgehead atoms. The summed E-state index contributed by atoms with van der Waals surface area (Å²) < 4.78 is 5.58. The number of aryl methyl sites for hydroxylation is 1. The normalized spacial score (nSPS) is 24.9. The third-order valence-corrected chi connectivity index (χ3v) is 4.36. The van der Waals surface area contributed by atoms with Gasteiger partial charge in [0, 0.05) is 18.2 Å². The molecule has 1 aliphatic heterocycles. The van der Waals surface area contributed by atoms with Crippen LogP contribution in [0.5, 0.6) is 5.75 Å². The van der Waals surface area contributed by atoms with E-state index in [1.807, 2.05) is 18.2 Å². The highest BCUT2D eigenvalue weighted by Gasteiger charge is 2.26. The summed E-state index contributed by atoms with van der Waals surface area (Å²) in [4.78, 5) is 12.1. The fraction of sp³-hybridized carbons (Fsp3) is 0.562. The van der Waals surface area contributed by atoms with Gasteiger partial charge >= 0.3 is 0 Å². The van der Waals surface area contributed by atoms with Crippen LogP contribution in [0.25, 0.3) is 0 Å². The molecule has 20 heavy (non-hydrogen) atoms. The first-order chi connectivity index (χ1) is 9.72. The molecular weight excluding hydrogens is 252 g/mol. The van der Waals surface area contributed by atoms with Crippen molar-refractivity contribution in [2.24, 2.45) is 11.7 Å². The Morgan fingerprint density at radius 3 is 3.05 bits per heavy atom. The van der Waals surface area contributed by atoms with E-state index in [-0.39, 0.29) is 11.9 Å². The van der Waals surface area contributed by atoms with Crippen LogP contribution < -0.4 is 15.8 Å². The number of ether oxygens (including phenoxy) is 1. The smallest absolute Gasteiger partial charge is 0.224 e. The quantitative estimate of drug-likeness (QED) is 0.890. The van der Waals surface area contributed by atoms with E-state index < -0.39 is 0 Å². The van der Waals surface area contributed by atoms with Crippen LogP contribution in [-0.4, -0.2) is 18.6 Å². The molecule has 1 aliphatic carbocycles. The van der Waals surface area contributed by atoms with Gasteiger partial charge in [-0.05, 0) is 55.4 Å². The number of hydrogen-bond acceptors (Lipinski definition) is 3. The van der Waals surface area contributed by atoms with Gasteiger partial charge in [0.1, 0.15) is 5.75 Å². The van der Waals surface area contributed by atoms with Gasteiger partial charge < -0.3 is 15.8 Å². The second-order valence-electron chi connectivity index (χ2n) is 5.88. The molecule has 108 valence electrons. The van der Waals surface area contributed by atoms with Crippen molar-refractivity contribution in [3.8, 4) is 5.75 Å². The Bertz CT molecular complexity index is 501. The van der Waals surface area contributed by atoms with E-state index in [9.17, 15) is 4.79 Å². The third-order valence-electron chi connectivity index (χ3n) is 4.36. The third kappa shape index (κ3) is 2.96. The number of fused-ring (bicyclic) bond motifs is 1. The summed E-state index contributed by atoms with van der Waals surface area (Å²) in [7, 11) is 0. The minimum atomic E-state index is 0.0732. The summed E-state index contributed by atoms with van der Waals surface area (Å²) in [6.45, 7) is 0.790. The minimum absolute atomic E-state index is 0.0732. The van der Waals surface area contributed by atoms with Crippen molar-refractivity contribution >= 4 is 11.6 Å². The first-order valence-electron chi connectivity index (χ1n) is 7.53. The zero-order valence-electron chi connectivity index (χ0n) is 11.7. The van der Waals surface area contributed by atoms with Crippen molar-refractivity contribution in [3.05, 3.63) is 23.8 Å². The number of carbonyl (C=O) groups is 1. The maximum atomic E-state index is 12.1. The van der Waals surface area contributed by atoms with Gasteiger partial charge in [-0.2, -0.15) is 0 Å². The lowest BCUT2D eigenvalue weighted by atomic mass is 9.99. The number of anilines is 1. The molecule has 2 atom stereocenters. The van der Waals surface area contributed by atoms with E-state index >= 15 is 0 Å². The number of nitrogens with two attached hydrogens (primary N) is 1. The van der Waals surface area contributed by atoms with Crippen molar-refractivity contribution in [2.45, 2.75) is 44.6 Å². The van der Waals surface area contributed by atoms with Gasteiger partial charge in [0.15, 0.2) is 0 Å². The molecule has 0 saturated heterocycles. The number of hydrogen-bond donors (Lipinski definition) is 2. The Morgan fingerprint density at radius 2 is 2.25 bits per heavy atom. The van der Waals surface area contributed by atoms with Crippen molar-refractivity contribution in [2.75, 3.05) is 11.9 Å². The van der Waals surface area contributed by atoms with Crippen LogP contribution in [0.4, 0.5) is 5.69 Å². The Morgan fingerprint density at radius 1 is 1.35 bits per heavy atom. The Balaban J connectivity index is 1.61. The number of rotatable bonds is 3. The molecule has 4 heteroatoms. The van der Waals surface area contributed by atoms with Gasteiger partial charge in [0.05, 0.1) is 6.61 Å². The van der Waals surface area contributed by atoms with E-state index in [4.69, 9.17) is 10.5 Å². The molecule has 1 fully saturated rings. The molecule has 0 aromatic heterocycles. The van der Waals surface area contributed by atoms with Crippen LogP contribution in [-0.2, 0) is 11.2 Å². The first-order valence-corrected chi connectivity index (χ1v) is 7.53. The summed E-state index contributed by atoms with van der Waals surface area (Å²) in [5, 5.41) is 2.99. The second kappa shape index (κ2) is 5.83. The largest absolute Gasteiger partial charge is 0.493 e. The maximum Gasteiger partial charge on any atom is 0.224 e. The predicted molar refractivity (Wildman–Crippen MR) is 78.8 cm³/mol. The highest BCUT2D eigenvalue weighted by molar-refractivity contribution is 5.91. The lowest BCUT2D eigenvalue weighted by Crippen LogP contribution is -2.28. The molecule has 3 N–H and O–H groups in total. The highest BCUT2D eigenvalue weighted by Crippen LogP contribution is 2.29. The number of benzene rings is 1. The van der Waals surface area contributed by atoms with Gasteiger partial charge in [-0.15, -0.1) is 0 Å². The number of carbonyl (C=O) groups excluding carboxylic acids is 1. The van der Waals surface area contributed by atoms with Crippen molar-refractivity contribution in [3.63, 3.8) is 0 Å². The van der Waals surface area contributed by atoms with Gasteiger partial charge in [0.25, 0.3) is 0 Å². The Kier molecular flexibility index (Phi) is 3.92. The molecule has 0 unspecified atom stereocenters. The zero-order valence-corrected chi connectivity index (χ0v) is 11.7. The van der Waals surface area contributed by atoms with Crippen molar-refractivity contribution in [1.29, 1.82) is 0 Å².